The third kappa shape index (κ3) is 3.85. The summed E-state index contributed by atoms with van der Waals surface area (Å²) >= 11 is 0. The van der Waals surface area contributed by atoms with Crippen molar-refractivity contribution < 1.29 is 14.8 Å². The average molecular weight is 304 g/mol. The second-order valence-corrected chi connectivity index (χ2v) is 4.33. The number of hydrazone groups is 1. The Morgan fingerprint density at radius 3 is 2.73 bits per heavy atom. The number of carbonyl (C=O) groups is 1. The van der Waals surface area contributed by atoms with E-state index in [0.29, 0.717) is 11.3 Å². The van der Waals surface area contributed by atoms with Crippen molar-refractivity contribution in [1.29, 1.82) is 0 Å². The quantitative estimate of drug-likeness (QED) is 0.474. The number of aromatic hydroxyl groups is 1. The van der Waals surface area contributed by atoms with E-state index >= 15 is 0 Å². The van der Waals surface area contributed by atoms with Crippen molar-refractivity contribution in [3.05, 3.63) is 46.3 Å². The van der Waals surface area contributed by atoms with Gasteiger partial charge in [0.05, 0.1) is 12.3 Å². The number of carbonyl (C=O) groups excluding carboxylic acids is 1. The first kappa shape index (κ1) is 15.1. The molecule has 2 N–H and O–H groups in total. The summed E-state index contributed by atoms with van der Waals surface area (Å²) in [5.41, 5.74) is 3.16. The fourth-order valence-electron chi connectivity index (χ4n) is 1.54. The number of phenols is 1. The second-order valence-electron chi connectivity index (χ2n) is 4.33. The van der Waals surface area contributed by atoms with E-state index in [1.54, 1.807) is 6.92 Å². The zero-order valence-corrected chi connectivity index (χ0v) is 11.5. The zero-order valence-electron chi connectivity index (χ0n) is 11.5. The molecule has 0 bridgehead atoms. The van der Waals surface area contributed by atoms with Gasteiger partial charge in [0.25, 0.3) is 5.91 Å². The van der Waals surface area contributed by atoms with Gasteiger partial charge < -0.3 is 15.2 Å². The standard InChI is InChI=1S/C12H12N6O4/c1-8(6-17-7-13-12(16-17)18(21)22)14-15-11(20)9-2-4-10(19)5-3-9/h2-5,7,19H,6H2,1H3,(H,15,20). The third-order valence-electron chi connectivity index (χ3n) is 2.56. The molecule has 1 amide bonds. The maximum atomic E-state index is 11.8. The number of nitrogens with one attached hydrogen (secondary N) is 1. The molecule has 22 heavy (non-hydrogen) atoms. The van der Waals surface area contributed by atoms with Crippen LogP contribution < -0.4 is 5.43 Å². The Labute approximate surface area is 124 Å². The molecule has 114 valence electrons. The van der Waals surface area contributed by atoms with Gasteiger partial charge in [0.2, 0.25) is 6.33 Å². The van der Waals surface area contributed by atoms with Gasteiger partial charge in [0, 0.05) is 10.7 Å². The maximum Gasteiger partial charge on any atom is 0.490 e. The minimum atomic E-state index is -0.699. The summed E-state index contributed by atoms with van der Waals surface area (Å²) in [5, 5.41) is 27.1. The van der Waals surface area contributed by atoms with Crippen LogP contribution in [0.4, 0.5) is 5.95 Å². The Hall–Kier alpha value is -3.30. The van der Waals surface area contributed by atoms with Gasteiger partial charge in [0.15, 0.2) is 0 Å². The molecule has 0 radical (unpaired) electrons. The molecule has 0 aliphatic heterocycles. The molecule has 0 atom stereocenters. The SMILES string of the molecule is CC(Cn1cnc([N+](=O)[O-])n1)=NNC(=O)c1ccc(O)cc1. The highest BCUT2D eigenvalue weighted by atomic mass is 16.6. The smallest absolute Gasteiger partial charge is 0.490 e. The van der Waals surface area contributed by atoms with Crippen LogP contribution >= 0.6 is 0 Å². The molecule has 0 saturated carbocycles. The molecule has 0 aliphatic carbocycles. The molecule has 1 heterocycles. The predicted octanol–water partition coefficient (Wildman–Crippen LogP) is 0.698. The number of hydrogen-bond acceptors (Lipinski definition) is 7. The van der Waals surface area contributed by atoms with Gasteiger partial charge in [-0.3, -0.25) is 4.79 Å². The predicted molar refractivity (Wildman–Crippen MR) is 75.4 cm³/mol. The summed E-state index contributed by atoms with van der Waals surface area (Å²) in [6.45, 7) is 1.78. The van der Waals surface area contributed by atoms with Crippen LogP contribution in [0.1, 0.15) is 17.3 Å². The van der Waals surface area contributed by atoms with Crippen LogP contribution in [0.15, 0.2) is 35.7 Å². The molecule has 1 aromatic heterocycles. The molecule has 0 unspecified atom stereocenters. The first-order valence-electron chi connectivity index (χ1n) is 6.12. The molecule has 10 heteroatoms. The summed E-state index contributed by atoms with van der Waals surface area (Å²) < 4.78 is 1.24. The van der Waals surface area contributed by atoms with Crippen LogP contribution in [0.5, 0.6) is 5.75 Å². The van der Waals surface area contributed by atoms with Crippen molar-refractivity contribution in [2.75, 3.05) is 0 Å². The highest BCUT2D eigenvalue weighted by Gasteiger charge is 2.13. The van der Waals surface area contributed by atoms with E-state index in [2.05, 4.69) is 20.6 Å². The fourth-order valence-corrected chi connectivity index (χ4v) is 1.54. The average Bonchev–Trinajstić information content (AvgIpc) is 2.94. The van der Waals surface area contributed by atoms with Gasteiger partial charge in [-0.25, -0.2) is 5.43 Å². The minimum Gasteiger partial charge on any atom is -0.508 e. The van der Waals surface area contributed by atoms with Gasteiger partial charge in [-0.1, -0.05) is 4.98 Å². The van der Waals surface area contributed by atoms with Crippen LogP contribution in [0.25, 0.3) is 0 Å². The van der Waals surface area contributed by atoms with Gasteiger partial charge in [-0.05, 0) is 36.1 Å². The second kappa shape index (κ2) is 6.43. The topological polar surface area (TPSA) is 136 Å². The van der Waals surface area contributed by atoms with Crippen LogP contribution in [-0.4, -0.2) is 36.4 Å². The first-order chi connectivity index (χ1) is 10.5. The lowest BCUT2D eigenvalue weighted by atomic mass is 10.2. The summed E-state index contributed by atoms with van der Waals surface area (Å²) in [7, 11) is 0. The minimum absolute atomic E-state index is 0.0593. The van der Waals surface area contributed by atoms with Crippen molar-refractivity contribution >= 4 is 17.6 Å². The molecule has 0 aliphatic rings. The van der Waals surface area contributed by atoms with Gasteiger partial charge in [-0.15, -0.1) is 0 Å². The van der Waals surface area contributed by atoms with E-state index < -0.39 is 16.8 Å². The van der Waals surface area contributed by atoms with Crippen molar-refractivity contribution in [2.45, 2.75) is 13.5 Å². The van der Waals surface area contributed by atoms with Crippen LogP contribution in [-0.2, 0) is 6.54 Å². The molecular formula is C12H12N6O4. The summed E-state index contributed by atoms with van der Waals surface area (Å²) in [4.78, 5) is 25.0. The third-order valence-corrected chi connectivity index (χ3v) is 2.56. The summed E-state index contributed by atoms with van der Waals surface area (Å²) in [5.74, 6) is -0.881. The van der Waals surface area contributed by atoms with E-state index in [1.807, 2.05) is 0 Å². The molecule has 0 saturated heterocycles. The first-order valence-corrected chi connectivity index (χ1v) is 6.12. The van der Waals surface area contributed by atoms with Gasteiger partial charge >= 0.3 is 5.95 Å². The number of nitro groups is 1. The monoisotopic (exact) mass is 304 g/mol. The van der Waals surface area contributed by atoms with Crippen LogP contribution in [0.2, 0.25) is 0 Å². The van der Waals surface area contributed by atoms with Crippen LogP contribution in [0.3, 0.4) is 0 Å². The Morgan fingerprint density at radius 2 is 2.14 bits per heavy atom. The summed E-state index contributed by atoms with van der Waals surface area (Å²) in [6.07, 6.45) is 1.21. The van der Waals surface area contributed by atoms with E-state index in [9.17, 15) is 14.9 Å². The normalized spacial score (nSPS) is 11.2. The highest BCUT2D eigenvalue weighted by molar-refractivity contribution is 5.95. The molecule has 10 nitrogen and oxygen atoms in total. The lowest BCUT2D eigenvalue weighted by Gasteiger charge is -2.02. The lowest BCUT2D eigenvalue weighted by Crippen LogP contribution is -2.20. The van der Waals surface area contributed by atoms with E-state index in [-0.39, 0.29) is 12.3 Å². The summed E-state index contributed by atoms with van der Waals surface area (Å²) in [6, 6.07) is 5.69. The number of phenolic OH excluding ortho intramolecular Hbond substituents is 1. The van der Waals surface area contributed by atoms with Gasteiger partial charge in [0.1, 0.15) is 5.75 Å². The van der Waals surface area contributed by atoms with E-state index in [4.69, 9.17) is 5.11 Å². The van der Waals surface area contributed by atoms with E-state index in [1.165, 1.54) is 35.3 Å². The van der Waals surface area contributed by atoms with Crippen molar-refractivity contribution in [1.82, 2.24) is 20.2 Å². The fraction of sp³-hybridized carbons (Fsp3) is 0.167. The molecule has 0 fully saturated rings. The van der Waals surface area contributed by atoms with Crippen molar-refractivity contribution in [3.8, 4) is 5.75 Å². The Kier molecular flexibility index (Phi) is 4.41. The number of amides is 1. The number of aromatic nitrogens is 3. The Morgan fingerprint density at radius 1 is 1.45 bits per heavy atom. The van der Waals surface area contributed by atoms with Crippen molar-refractivity contribution in [2.24, 2.45) is 5.10 Å². The lowest BCUT2D eigenvalue weighted by molar-refractivity contribution is -0.394. The van der Waals surface area contributed by atoms with Gasteiger partial charge in [-0.2, -0.15) is 9.78 Å². The zero-order chi connectivity index (χ0) is 16.1. The molecule has 2 rings (SSSR count). The van der Waals surface area contributed by atoms with Crippen molar-refractivity contribution in [3.63, 3.8) is 0 Å². The largest absolute Gasteiger partial charge is 0.508 e. The highest BCUT2D eigenvalue weighted by Crippen LogP contribution is 2.09. The maximum absolute atomic E-state index is 11.8. The number of hydrogen-bond donors (Lipinski definition) is 2. The number of rotatable bonds is 5. The number of nitrogens with zero attached hydrogens (tertiary/aromatic N) is 5. The Balaban J connectivity index is 1.95. The van der Waals surface area contributed by atoms with E-state index in [0.717, 1.165) is 0 Å². The van der Waals surface area contributed by atoms with Crippen LogP contribution in [0, 0.1) is 10.1 Å². The number of benzene rings is 1. The molecule has 2 aromatic rings. The Bertz CT molecular complexity index is 721. The molecular weight excluding hydrogens is 292 g/mol. The molecule has 1 aromatic carbocycles. The molecule has 0 spiro atoms.